The van der Waals surface area contributed by atoms with E-state index in [1.807, 2.05) is 0 Å². The van der Waals surface area contributed by atoms with Crippen molar-refractivity contribution in [2.75, 3.05) is 4.90 Å². The van der Waals surface area contributed by atoms with E-state index >= 15 is 0 Å². The number of aliphatic hydroxyl groups excluding tert-OH is 1. The van der Waals surface area contributed by atoms with Gasteiger partial charge in [-0.2, -0.15) is 0 Å². The van der Waals surface area contributed by atoms with Gasteiger partial charge in [-0.1, -0.05) is 60.1 Å². The fraction of sp³-hybridized carbons (Fsp3) is 0.0435. The molecule has 0 radical (unpaired) electrons. The Morgan fingerprint density at radius 3 is 2.17 bits per heavy atom. The zero-order chi connectivity index (χ0) is 20.5. The highest BCUT2D eigenvalue weighted by Crippen LogP contribution is 2.44. The Morgan fingerprint density at radius 2 is 1.52 bits per heavy atom. The van der Waals surface area contributed by atoms with Gasteiger partial charge in [-0.3, -0.25) is 14.5 Å². The van der Waals surface area contributed by atoms with E-state index in [0.29, 0.717) is 21.8 Å². The van der Waals surface area contributed by atoms with E-state index in [1.165, 1.54) is 29.2 Å². The summed E-state index contributed by atoms with van der Waals surface area (Å²) in [5.74, 6) is -2.41. The SMILES string of the molecule is O=C1C(=O)N(c2ccc(F)cc2)[C@@H](c2ccccc2Cl)/C1=C(\O)c1ccccc1. The Kier molecular flexibility index (Phi) is 4.91. The number of aliphatic hydroxyl groups is 1. The number of carbonyl (C=O) groups is 2. The molecule has 0 aliphatic carbocycles. The minimum Gasteiger partial charge on any atom is -0.507 e. The standard InChI is InChI=1S/C23H15ClFNO3/c24-18-9-5-4-8-17(18)20-19(21(27)14-6-2-1-3-7-14)22(28)23(29)26(20)16-12-10-15(25)11-13-16/h1-13,20,27H/b21-19+/t20-/m0/s1. The van der Waals surface area contributed by atoms with Crippen LogP contribution in [0.2, 0.25) is 5.02 Å². The average molecular weight is 408 g/mol. The summed E-state index contributed by atoms with van der Waals surface area (Å²) in [6.45, 7) is 0. The number of benzene rings is 3. The van der Waals surface area contributed by atoms with Crippen LogP contribution in [-0.2, 0) is 9.59 Å². The maximum absolute atomic E-state index is 13.4. The molecular formula is C23H15ClFNO3. The van der Waals surface area contributed by atoms with Crippen molar-refractivity contribution >= 4 is 34.7 Å². The van der Waals surface area contributed by atoms with Gasteiger partial charge in [0, 0.05) is 16.3 Å². The third kappa shape index (κ3) is 3.30. The van der Waals surface area contributed by atoms with Crippen LogP contribution in [0.5, 0.6) is 0 Å². The van der Waals surface area contributed by atoms with E-state index in [2.05, 4.69) is 0 Å². The number of halogens is 2. The fourth-order valence-electron chi connectivity index (χ4n) is 3.44. The van der Waals surface area contributed by atoms with Gasteiger partial charge in [0.05, 0.1) is 11.6 Å². The molecule has 0 saturated carbocycles. The van der Waals surface area contributed by atoms with Gasteiger partial charge >= 0.3 is 0 Å². The minimum absolute atomic E-state index is 0.0707. The van der Waals surface area contributed by atoms with Gasteiger partial charge in [-0.05, 0) is 35.9 Å². The number of amides is 1. The molecule has 0 unspecified atom stereocenters. The first-order valence-corrected chi connectivity index (χ1v) is 9.23. The van der Waals surface area contributed by atoms with Gasteiger partial charge in [0.15, 0.2) is 0 Å². The summed E-state index contributed by atoms with van der Waals surface area (Å²) in [5.41, 5.74) is 1.14. The molecule has 29 heavy (non-hydrogen) atoms. The Hall–Kier alpha value is -3.44. The molecule has 4 nitrogen and oxygen atoms in total. The largest absolute Gasteiger partial charge is 0.507 e. The zero-order valence-electron chi connectivity index (χ0n) is 15.0. The lowest BCUT2D eigenvalue weighted by Crippen LogP contribution is -2.29. The molecule has 1 amide bonds. The molecule has 1 atom stereocenters. The first kappa shape index (κ1) is 18.9. The third-order valence-electron chi connectivity index (χ3n) is 4.80. The lowest BCUT2D eigenvalue weighted by atomic mass is 9.95. The van der Waals surface area contributed by atoms with Crippen LogP contribution < -0.4 is 4.90 Å². The van der Waals surface area contributed by atoms with Crippen LogP contribution in [0, 0.1) is 5.82 Å². The predicted molar refractivity (Wildman–Crippen MR) is 109 cm³/mol. The summed E-state index contributed by atoms with van der Waals surface area (Å²) in [6.07, 6.45) is 0. The summed E-state index contributed by atoms with van der Waals surface area (Å²) in [5, 5.41) is 11.3. The zero-order valence-corrected chi connectivity index (χ0v) is 15.8. The predicted octanol–water partition coefficient (Wildman–Crippen LogP) is 5.11. The molecular weight excluding hydrogens is 393 g/mol. The molecule has 0 bridgehead atoms. The molecule has 0 aromatic heterocycles. The fourth-order valence-corrected chi connectivity index (χ4v) is 3.68. The number of carbonyl (C=O) groups excluding carboxylic acids is 2. The molecule has 4 rings (SSSR count). The highest BCUT2D eigenvalue weighted by Gasteiger charge is 2.47. The third-order valence-corrected chi connectivity index (χ3v) is 5.14. The Bertz CT molecular complexity index is 1130. The Labute approximate surface area is 171 Å². The number of rotatable bonds is 3. The number of hydrogen-bond donors (Lipinski definition) is 1. The van der Waals surface area contributed by atoms with E-state index in [-0.39, 0.29) is 11.3 Å². The summed E-state index contributed by atoms with van der Waals surface area (Å²) < 4.78 is 13.4. The number of Topliss-reactive ketones (excluding diaryl/α,β-unsaturated/α-hetero) is 1. The monoisotopic (exact) mass is 407 g/mol. The molecule has 1 N–H and O–H groups in total. The number of nitrogens with zero attached hydrogens (tertiary/aromatic N) is 1. The average Bonchev–Trinajstić information content (AvgIpc) is 3.00. The van der Waals surface area contributed by atoms with Crippen LogP contribution >= 0.6 is 11.6 Å². The second kappa shape index (κ2) is 7.53. The second-order valence-electron chi connectivity index (χ2n) is 6.53. The van der Waals surface area contributed by atoms with Crippen LogP contribution in [-0.4, -0.2) is 16.8 Å². The van der Waals surface area contributed by atoms with Crippen molar-refractivity contribution in [1.29, 1.82) is 0 Å². The lowest BCUT2D eigenvalue weighted by molar-refractivity contribution is -0.132. The molecule has 144 valence electrons. The second-order valence-corrected chi connectivity index (χ2v) is 6.94. The molecule has 6 heteroatoms. The summed E-state index contributed by atoms with van der Waals surface area (Å²) in [7, 11) is 0. The summed E-state index contributed by atoms with van der Waals surface area (Å²) in [6, 6.07) is 19.6. The van der Waals surface area contributed by atoms with E-state index in [0.717, 1.165) is 0 Å². The molecule has 3 aromatic carbocycles. The number of hydrogen-bond acceptors (Lipinski definition) is 3. The molecule has 0 spiro atoms. The van der Waals surface area contributed by atoms with E-state index < -0.39 is 23.5 Å². The quantitative estimate of drug-likeness (QED) is 0.373. The van der Waals surface area contributed by atoms with Gasteiger partial charge < -0.3 is 5.11 Å². The maximum atomic E-state index is 13.4. The Morgan fingerprint density at radius 1 is 0.897 bits per heavy atom. The van der Waals surface area contributed by atoms with Crippen molar-refractivity contribution in [3.05, 3.63) is 106 Å². The number of anilines is 1. The van der Waals surface area contributed by atoms with Crippen molar-refractivity contribution in [2.24, 2.45) is 0 Å². The topological polar surface area (TPSA) is 57.6 Å². The van der Waals surface area contributed by atoms with Gasteiger partial charge in [0.25, 0.3) is 11.7 Å². The van der Waals surface area contributed by atoms with E-state index in [4.69, 9.17) is 11.6 Å². The maximum Gasteiger partial charge on any atom is 0.300 e. The summed E-state index contributed by atoms with van der Waals surface area (Å²) >= 11 is 6.38. The van der Waals surface area contributed by atoms with Crippen molar-refractivity contribution in [3.63, 3.8) is 0 Å². The van der Waals surface area contributed by atoms with Crippen LogP contribution in [0.15, 0.2) is 84.4 Å². The van der Waals surface area contributed by atoms with E-state index in [1.54, 1.807) is 54.6 Å². The first-order valence-electron chi connectivity index (χ1n) is 8.85. The molecule has 3 aromatic rings. The highest BCUT2D eigenvalue weighted by molar-refractivity contribution is 6.52. The van der Waals surface area contributed by atoms with Crippen LogP contribution in [0.4, 0.5) is 10.1 Å². The smallest absolute Gasteiger partial charge is 0.300 e. The van der Waals surface area contributed by atoms with Gasteiger partial charge in [-0.25, -0.2) is 4.39 Å². The highest BCUT2D eigenvalue weighted by atomic mass is 35.5. The van der Waals surface area contributed by atoms with Crippen LogP contribution in [0.25, 0.3) is 5.76 Å². The molecule has 1 heterocycles. The van der Waals surface area contributed by atoms with Crippen LogP contribution in [0.3, 0.4) is 0 Å². The van der Waals surface area contributed by atoms with Gasteiger partial charge in [-0.15, -0.1) is 0 Å². The van der Waals surface area contributed by atoms with Crippen LogP contribution in [0.1, 0.15) is 17.2 Å². The summed E-state index contributed by atoms with van der Waals surface area (Å²) in [4.78, 5) is 27.1. The molecule has 1 saturated heterocycles. The van der Waals surface area contributed by atoms with Crippen molar-refractivity contribution < 1.29 is 19.1 Å². The van der Waals surface area contributed by atoms with Gasteiger partial charge in [0.2, 0.25) is 0 Å². The normalized spacial score (nSPS) is 18.3. The van der Waals surface area contributed by atoms with Crippen molar-refractivity contribution in [2.45, 2.75) is 6.04 Å². The Balaban J connectivity index is 1.97. The molecule has 1 aliphatic rings. The first-order chi connectivity index (χ1) is 14.0. The number of ketones is 1. The molecule has 1 aliphatic heterocycles. The van der Waals surface area contributed by atoms with Gasteiger partial charge in [0.1, 0.15) is 11.6 Å². The van der Waals surface area contributed by atoms with Crippen molar-refractivity contribution in [1.82, 2.24) is 0 Å². The molecule has 1 fully saturated rings. The van der Waals surface area contributed by atoms with E-state index in [9.17, 15) is 19.1 Å². The lowest BCUT2D eigenvalue weighted by Gasteiger charge is -2.26. The minimum atomic E-state index is -0.950. The van der Waals surface area contributed by atoms with Crippen molar-refractivity contribution in [3.8, 4) is 0 Å².